The molecule has 2 aromatic heterocycles. The van der Waals surface area contributed by atoms with Crippen LogP contribution in [0.25, 0.3) is 10.9 Å². The first kappa shape index (κ1) is 19.4. The number of pyridine rings is 1. The molecule has 0 bridgehead atoms. The Bertz CT molecular complexity index is 992. The van der Waals surface area contributed by atoms with Crippen molar-refractivity contribution < 1.29 is 9.53 Å². The number of rotatable bonds is 6. The van der Waals surface area contributed by atoms with Crippen molar-refractivity contribution in [2.75, 3.05) is 57.2 Å². The average Bonchev–Trinajstić information content (AvgIpc) is 3.15. The van der Waals surface area contributed by atoms with Crippen LogP contribution in [0.15, 0.2) is 48.8 Å². The minimum absolute atomic E-state index is 0.159. The molecule has 1 amide bonds. The predicted molar refractivity (Wildman–Crippen MR) is 116 cm³/mol. The number of carbonyl (C=O) groups excluding carboxylic acids is 1. The van der Waals surface area contributed by atoms with E-state index in [1.807, 2.05) is 31.1 Å². The van der Waals surface area contributed by atoms with Crippen LogP contribution in [0.4, 0.5) is 11.5 Å². The summed E-state index contributed by atoms with van der Waals surface area (Å²) in [6, 6.07) is 11.7. The van der Waals surface area contributed by atoms with Gasteiger partial charge in [0.05, 0.1) is 18.8 Å². The van der Waals surface area contributed by atoms with Gasteiger partial charge in [-0.2, -0.15) is 0 Å². The minimum Gasteiger partial charge on any atom is -0.379 e. The molecule has 152 valence electrons. The first-order valence-electron chi connectivity index (χ1n) is 9.94. The number of morpholine rings is 1. The zero-order valence-electron chi connectivity index (χ0n) is 17.0. The van der Waals surface area contributed by atoms with E-state index in [4.69, 9.17) is 4.74 Å². The van der Waals surface area contributed by atoms with E-state index in [0.717, 1.165) is 50.5 Å². The number of carbonyl (C=O) groups is 1. The first-order chi connectivity index (χ1) is 14.1. The number of ether oxygens (including phenoxy) is 1. The second-order valence-electron chi connectivity index (χ2n) is 7.46. The average molecular weight is 393 g/mol. The molecule has 0 unspecified atom stereocenters. The van der Waals surface area contributed by atoms with Gasteiger partial charge in [-0.3, -0.25) is 9.69 Å². The molecule has 1 N–H and O–H groups in total. The molecule has 0 spiro atoms. The van der Waals surface area contributed by atoms with Crippen molar-refractivity contribution in [1.82, 2.24) is 14.5 Å². The Labute approximate surface area is 170 Å². The van der Waals surface area contributed by atoms with Crippen molar-refractivity contribution in [2.24, 2.45) is 0 Å². The monoisotopic (exact) mass is 393 g/mol. The number of aromatic nitrogens is 2. The fourth-order valence-corrected chi connectivity index (χ4v) is 3.68. The van der Waals surface area contributed by atoms with E-state index in [1.54, 1.807) is 18.3 Å². The van der Waals surface area contributed by atoms with Crippen molar-refractivity contribution >= 4 is 28.3 Å². The lowest BCUT2D eigenvalue weighted by molar-refractivity contribution is 0.0365. The molecule has 0 radical (unpaired) electrons. The maximum absolute atomic E-state index is 12.8. The molecule has 1 aliphatic rings. The van der Waals surface area contributed by atoms with Crippen molar-refractivity contribution in [2.45, 2.75) is 6.54 Å². The van der Waals surface area contributed by atoms with E-state index in [0.29, 0.717) is 11.4 Å². The molecule has 1 saturated heterocycles. The summed E-state index contributed by atoms with van der Waals surface area (Å²) >= 11 is 0. The SMILES string of the molecule is CN(C)c1ncccc1C(=O)Nc1ccc2c(ccn2CCN2CCOCC2)c1. The molecule has 0 atom stereocenters. The van der Waals surface area contributed by atoms with Gasteiger partial charge in [-0.1, -0.05) is 0 Å². The Kier molecular flexibility index (Phi) is 5.78. The smallest absolute Gasteiger partial charge is 0.259 e. The Morgan fingerprint density at radius 1 is 1.17 bits per heavy atom. The second-order valence-corrected chi connectivity index (χ2v) is 7.46. The van der Waals surface area contributed by atoms with Gasteiger partial charge in [-0.25, -0.2) is 4.98 Å². The van der Waals surface area contributed by atoms with Gasteiger partial charge in [0.2, 0.25) is 0 Å². The van der Waals surface area contributed by atoms with Gasteiger partial charge in [-0.05, 0) is 36.4 Å². The molecule has 1 fully saturated rings. The summed E-state index contributed by atoms with van der Waals surface area (Å²) in [4.78, 5) is 21.3. The summed E-state index contributed by atoms with van der Waals surface area (Å²) in [5.41, 5.74) is 2.51. The van der Waals surface area contributed by atoms with E-state index in [-0.39, 0.29) is 5.91 Å². The largest absolute Gasteiger partial charge is 0.379 e. The van der Waals surface area contributed by atoms with Crippen LogP contribution in [-0.2, 0) is 11.3 Å². The second kappa shape index (κ2) is 8.63. The highest BCUT2D eigenvalue weighted by molar-refractivity contribution is 6.08. The number of benzene rings is 1. The van der Waals surface area contributed by atoms with Crippen LogP contribution in [0.1, 0.15) is 10.4 Å². The third kappa shape index (κ3) is 4.41. The van der Waals surface area contributed by atoms with Gasteiger partial charge < -0.3 is 19.5 Å². The van der Waals surface area contributed by atoms with E-state index >= 15 is 0 Å². The minimum atomic E-state index is -0.159. The Hall–Kier alpha value is -2.90. The highest BCUT2D eigenvalue weighted by Gasteiger charge is 2.15. The molecule has 0 aliphatic carbocycles. The molecule has 0 saturated carbocycles. The van der Waals surface area contributed by atoms with Crippen LogP contribution in [0.2, 0.25) is 0 Å². The molecule has 7 nitrogen and oxygen atoms in total. The lowest BCUT2D eigenvalue weighted by Gasteiger charge is -2.26. The van der Waals surface area contributed by atoms with Crippen LogP contribution < -0.4 is 10.2 Å². The van der Waals surface area contributed by atoms with Crippen molar-refractivity contribution in [1.29, 1.82) is 0 Å². The molecule has 3 aromatic rings. The van der Waals surface area contributed by atoms with Crippen LogP contribution in [0.3, 0.4) is 0 Å². The normalized spacial score (nSPS) is 14.8. The Balaban J connectivity index is 1.46. The van der Waals surface area contributed by atoms with Crippen LogP contribution in [0.5, 0.6) is 0 Å². The van der Waals surface area contributed by atoms with Crippen LogP contribution in [-0.4, -0.2) is 67.3 Å². The zero-order valence-corrected chi connectivity index (χ0v) is 17.0. The highest BCUT2D eigenvalue weighted by atomic mass is 16.5. The van der Waals surface area contributed by atoms with Gasteiger partial charge in [0.25, 0.3) is 5.91 Å². The van der Waals surface area contributed by atoms with Crippen molar-refractivity contribution in [3.8, 4) is 0 Å². The molecule has 1 aromatic carbocycles. The molecule has 4 rings (SSSR count). The first-order valence-corrected chi connectivity index (χ1v) is 9.94. The fraction of sp³-hybridized carbons (Fsp3) is 0.364. The van der Waals surface area contributed by atoms with Gasteiger partial charge in [0.15, 0.2) is 0 Å². The number of amides is 1. The number of hydrogen-bond donors (Lipinski definition) is 1. The molecular formula is C22H27N5O2. The maximum Gasteiger partial charge on any atom is 0.259 e. The quantitative estimate of drug-likeness (QED) is 0.698. The third-order valence-electron chi connectivity index (χ3n) is 5.24. The number of nitrogens with zero attached hydrogens (tertiary/aromatic N) is 4. The Morgan fingerprint density at radius 2 is 2.00 bits per heavy atom. The molecule has 7 heteroatoms. The third-order valence-corrected chi connectivity index (χ3v) is 5.24. The number of nitrogens with one attached hydrogen (secondary N) is 1. The number of fused-ring (bicyclic) bond motifs is 1. The predicted octanol–water partition coefficient (Wildman–Crippen LogP) is 2.69. The fourth-order valence-electron chi connectivity index (χ4n) is 3.68. The summed E-state index contributed by atoms with van der Waals surface area (Å²) in [5.74, 6) is 0.494. The van der Waals surface area contributed by atoms with E-state index in [2.05, 4.69) is 38.1 Å². The number of anilines is 2. The molecule has 29 heavy (non-hydrogen) atoms. The lowest BCUT2D eigenvalue weighted by atomic mass is 10.2. The van der Waals surface area contributed by atoms with E-state index in [1.165, 1.54) is 5.52 Å². The topological polar surface area (TPSA) is 62.6 Å². The van der Waals surface area contributed by atoms with Crippen molar-refractivity contribution in [3.63, 3.8) is 0 Å². The lowest BCUT2D eigenvalue weighted by Crippen LogP contribution is -2.38. The summed E-state index contributed by atoms with van der Waals surface area (Å²) in [5, 5.41) is 4.12. The van der Waals surface area contributed by atoms with Gasteiger partial charge in [-0.15, -0.1) is 0 Å². The highest BCUT2D eigenvalue weighted by Crippen LogP contribution is 2.22. The van der Waals surface area contributed by atoms with Gasteiger partial charge in [0, 0.05) is 69.3 Å². The summed E-state index contributed by atoms with van der Waals surface area (Å²) in [6.45, 7) is 5.60. The van der Waals surface area contributed by atoms with Crippen molar-refractivity contribution in [3.05, 3.63) is 54.4 Å². The zero-order chi connectivity index (χ0) is 20.2. The van der Waals surface area contributed by atoms with E-state index in [9.17, 15) is 4.79 Å². The van der Waals surface area contributed by atoms with Crippen LogP contribution >= 0.6 is 0 Å². The molecule has 1 aliphatic heterocycles. The Morgan fingerprint density at radius 3 is 2.79 bits per heavy atom. The van der Waals surface area contributed by atoms with E-state index < -0.39 is 0 Å². The summed E-state index contributed by atoms with van der Waals surface area (Å²) in [6.07, 6.45) is 3.81. The maximum atomic E-state index is 12.8. The number of hydrogen-bond acceptors (Lipinski definition) is 5. The standard InChI is InChI=1S/C22H27N5O2/c1-25(2)21-19(4-3-8-23-21)22(28)24-18-5-6-20-17(16-18)7-9-27(20)11-10-26-12-14-29-15-13-26/h3-9,16H,10-15H2,1-2H3,(H,24,28). The molecular weight excluding hydrogens is 366 g/mol. The van der Waals surface area contributed by atoms with Crippen LogP contribution in [0, 0.1) is 0 Å². The summed E-state index contributed by atoms with van der Waals surface area (Å²) in [7, 11) is 3.76. The summed E-state index contributed by atoms with van der Waals surface area (Å²) < 4.78 is 7.68. The molecule has 3 heterocycles. The van der Waals surface area contributed by atoms with Gasteiger partial charge >= 0.3 is 0 Å². The van der Waals surface area contributed by atoms with Gasteiger partial charge in [0.1, 0.15) is 5.82 Å².